The second kappa shape index (κ2) is 12.8. The number of halogens is 7. The summed E-state index contributed by atoms with van der Waals surface area (Å²) in [6, 6.07) is 9.02. The number of ketones is 2. The molecule has 1 fully saturated rings. The Balaban J connectivity index is 1.52. The molecule has 0 unspecified atom stereocenters. The van der Waals surface area contributed by atoms with Crippen molar-refractivity contribution in [1.82, 2.24) is 4.90 Å². The van der Waals surface area contributed by atoms with Crippen LogP contribution in [-0.4, -0.2) is 53.4 Å². The number of anilines is 1. The van der Waals surface area contributed by atoms with Crippen molar-refractivity contribution in [1.29, 1.82) is 0 Å². The maximum Gasteiger partial charge on any atom is 0.419 e. The number of hydrogen-bond donors (Lipinski definition) is 0. The molecule has 3 amide bonds. The third-order valence-corrected chi connectivity index (χ3v) is 9.50. The SMILES string of the molecule is CC1(C)C(=O)N(c2ccc(F)c(C(F)(F)F)c2)C(=O)N1Cc1ccc(F)cc1CC(=O)Cc1ccc(C(=O)CS(=O)(=O)C(C)(F)F)cc1. The molecule has 48 heavy (non-hydrogen) atoms. The molecule has 0 radical (unpaired) electrons. The van der Waals surface area contributed by atoms with Crippen molar-refractivity contribution in [3.63, 3.8) is 0 Å². The van der Waals surface area contributed by atoms with E-state index in [1.54, 1.807) is 0 Å². The van der Waals surface area contributed by atoms with Gasteiger partial charge in [-0.15, -0.1) is 0 Å². The quantitative estimate of drug-likeness (QED) is 0.132. The van der Waals surface area contributed by atoms with Crippen LogP contribution in [0.2, 0.25) is 0 Å². The van der Waals surface area contributed by atoms with Crippen LogP contribution in [0.4, 0.5) is 41.2 Å². The number of benzene rings is 3. The fraction of sp³-hybridized carbons (Fsp3) is 0.312. The van der Waals surface area contributed by atoms with Gasteiger partial charge in [0.15, 0.2) is 5.78 Å². The maximum absolute atomic E-state index is 14.3. The molecule has 0 N–H and O–H groups in total. The van der Waals surface area contributed by atoms with Gasteiger partial charge in [-0.05, 0) is 60.9 Å². The van der Waals surface area contributed by atoms with Crippen LogP contribution in [0.15, 0.2) is 60.7 Å². The summed E-state index contributed by atoms with van der Waals surface area (Å²) in [5, 5.41) is -4.11. The number of carbonyl (C=O) groups is 4. The van der Waals surface area contributed by atoms with Crippen molar-refractivity contribution in [2.24, 2.45) is 0 Å². The van der Waals surface area contributed by atoms with Crippen molar-refractivity contribution in [3.05, 3.63) is 100 Å². The number of sulfone groups is 1. The van der Waals surface area contributed by atoms with Gasteiger partial charge >= 0.3 is 17.5 Å². The minimum atomic E-state index is -5.10. The number of hydrogen-bond acceptors (Lipinski definition) is 6. The number of amides is 3. The third-order valence-electron chi connectivity index (χ3n) is 7.77. The van der Waals surface area contributed by atoms with Crippen LogP contribution in [0.1, 0.15) is 53.4 Å². The predicted molar refractivity (Wildman–Crippen MR) is 158 cm³/mol. The fourth-order valence-electron chi connectivity index (χ4n) is 4.98. The van der Waals surface area contributed by atoms with E-state index in [9.17, 15) is 58.3 Å². The average Bonchev–Trinajstić information content (AvgIpc) is 3.12. The molecule has 1 heterocycles. The molecule has 0 atom stereocenters. The Hall–Kier alpha value is -4.60. The molecule has 3 aromatic rings. The molecule has 256 valence electrons. The number of urea groups is 1. The molecule has 1 aliphatic rings. The number of nitrogens with zero attached hydrogens (tertiary/aromatic N) is 2. The molecular weight excluding hydrogens is 673 g/mol. The highest BCUT2D eigenvalue weighted by molar-refractivity contribution is 7.93. The van der Waals surface area contributed by atoms with Crippen LogP contribution in [0.3, 0.4) is 0 Å². The zero-order valence-corrected chi connectivity index (χ0v) is 26.3. The lowest BCUT2D eigenvalue weighted by Crippen LogP contribution is -2.43. The van der Waals surface area contributed by atoms with Crippen LogP contribution in [-0.2, 0) is 45.0 Å². The lowest BCUT2D eigenvalue weighted by molar-refractivity contribution is -0.140. The number of alkyl halides is 5. The van der Waals surface area contributed by atoms with Crippen molar-refractivity contribution in [2.45, 2.75) is 57.1 Å². The Labute approximate surface area is 270 Å². The second-order valence-corrected chi connectivity index (χ2v) is 14.0. The molecule has 3 aromatic carbocycles. The highest BCUT2D eigenvalue weighted by Crippen LogP contribution is 2.38. The minimum Gasteiger partial charge on any atom is -0.305 e. The summed E-state index contributed by atoms with van der Waals surface area (Å²) in [6.45, 7) is 2.48. The van der Waals surface area contributed by atoms with Crippen LogP contribution < -0.4 is 4.90 Å². The smallest absolute Gasteiger partial charge is 0.305 e. The van der Waals surface area contributed by atoms with Gasteiger partial charge in [0.2, 0.25) is 9.84 Å². The Morgan fingerprint density at radius 2 is 1.46 bits per heavy atom. The summed E-state index contributed by atoms with van der Waals surface area (Å²) in [5.74, 6) is -6.20. The van der Waals surface area contributed by atoms with Crippen molar-refractivity contribution >= 4 is 39.0 Å². The molecule has 1 saturated heterocycles. The average molecular weight is 701 g/mol. The van der Waals surface area contributed by atoms with Crippen molar-refractivity contribution in [2.75, 3.05) is 10.7 Å². The predicted octanol–water partition coefficient (Wildman–Crippen LogP) is 6.30. The van der Waals surface area contributed by atoms with Crippen LogP contribution in [0.25, 0.3) is 0 Å². The van der Waals surface area contributed by atoms with E-state index in [4.69, 9.17) is 0 Å². The summed E-state index contributed by atoms with van der Waals surface area (Å²) in [5.41, 5.74) is -3.26. The van der Waals surface area contributed by atoms with Gasteiger partial charge in [-0.1, -0.05) is 30.3 Å². The van der Waals surface area contributed by atoms with E-state index in [1.807, 2.05) is 0 Å². The van der Waals surface area contributed by atoms with Crippen molar-refractivity contribution in [3.8, 4) is 0 Å². The fourth-order valence-corrected chi connectivity index (χ4v) is 5.74. The highest BCUT2D eigenvalue weighted by Gasteiger charge is 2.52. The monoisotopic (exact) mass is 700 g/mol. The first-order chi connectivity index (χ1) is 22.0. The van der Waals surface area contributed by atoms with E-state index < -0.39 is 78.9 Å². The zero-order chi connectivity index (χ0) is 36.0. The molecule has 0 aliphatic carbocycles. The van der Waals surface area contributed by atoms with Crippen LogP contribution in [0, 0.1) is 11.6 Å². The maximum atomic E-state index is 14.3. The lowest BCUT2D eigenvalue weighted by atomic mass is 9.96. The molecular formula is C32H27F7N2O6S. The Kier molecular flexibility index (Phi) is 9.65. The summed E-state index contributed by atoms with van der Waals surface area (Å²) >= 11 is 0. The van der Waals surface area contributed by atoms with Gasteiger partial charge in [0.1, 0.15) is 28.7 Å². The first-order valence-electron chi connectivity index (χ1n) is 14.1. The minimum absolute atomic E-state index is 0.133. The van der Waals surface area contributed by atoms with E-state index in [0.717, 1.165) is 23.1 Å². The number of imide groups is 1. The molecule has 8 nitrogen and oxygen atoms in total. The Bertz CT molecular complexity index is 1900. The summed E-state index contributed by atoms with van der Waals surface area (Å²) < 4.78 is 118. The number of carbonyl (C=O) groups excluding carboxylic acids is 4. The largest absolute Gasteiger partial charge is 0.419 e. The molecule has 0 saturated carbocycles. The Morgan fingerprint density at radius 1 is 0.833 bits per heavy atom. The van der Waals surface area contributed by atoms with Crippen LogP contribution >= 0.6 is 0 Å². The van der Waals surface area contributed by atoms with E-state index >= 15 is 0 Å². The van der Waals surface area contributed by atoms with Gasteiger partial charge in [0.05, 0.1) is 11.3 Å². The molecule has 0 spiro atoms. The molecule has 16 heteroatoms. The third kappa shape index (κ3) is 7.42. The molecule has 0 aromatic heterocycles. The van der Waals surface area contributed by atoms with Gasteiger partial charge in [-0.25, -0.2) is 26.9 Å². The summed E-state index contributed by atoms with van der Waals surface area (Å²) in [6.07, 6.45) is -5.72. The molecule has 4 rings (SSSR count). The Morgan fingerprint density at radius 3 is 2.04 bits per heavy atom. The number of rotatable bonds is 11. The van der Waals surface area contributed by atoms with Gasteiger partial charge in [0.25, 0.3) is 5.91 Å². The van der Waals surface area contributed by atoms with Crippen LogP contribution in [0.5, 0.6) is 0 Å². The lowest BCUT2D eigenvalue weighted by Gasteiger charge is -2.28. The second-order valence-electron chi connectivity index (χ2n) is 11.7. The van der Waals surface area contributed by atoms with E-state index in [0.29, 0.717) is 22.6 Å². The van der Waals surface area contributed by atoms with Gasteiger partial charge < -0.3 is 4.90 Å². The number of Topliss-reactive ketones (excluding diaryl/α,β-unsaturated/α-hetero) is 2. The topological polar surface area (TPSA) is 109 Å². The van der Waals surface area contributed by atoms with Crippen molar-refractivity contribution < 1.29 is 58.3 Å². The summed E-state index contributed by atoms with van der Waals surface area (Å²) in [7, 11) is -5.03. The van der Waals surface area contributed by atoms with Gasteiger partial charge in [-0.3, -0.25) is 14.4 Å². The molecule has 1 aliphatic heterocycles. The van der Waals surface area contributed by atoms with E-state index in [2.05, 4.69) is 0 Å². The normalized spacial score (nSPS) is 15.3. The van der Waals surface area contributed by atoms with E-state index in [-0.39, 0.29) is 43.0 Å². The van der Waals surface area contributed by atoms with Gasteiger partial charge in [0, 0.05) is 31.9 Å². The van der Waals surface area contributed by atoms with E-state index in [1.165, 1.54) is 44.2 Å². The highest BCUT2D eigenvalue weighted by atomic mass is 32.2. The zero-order valence-electron chi connectivity index (χ0n) is 25.5. The first-order valence-corrected chi connectivity index (χ1v) is 15.7. The standard InChI is InChI=1S/C32H27F7N2O6S/c1-30(2)28(44)41(23-10-11-26(34)25(15-23)32(37,38)39)29(45)40(30)16-20-8-9-22(33)13-21(20)14-24(42)12-18-4-6-19(7-5-18)27(43)17-48(46,47)31(3,35)36/h4-11,13,15H,12,14,16-17H2,1-3H3. The first kappa shape index (κ1) is 36.2. The summed E-state index contributed by atoms with van der Waals surface area (Å²) in [4.78, 5) is 53.5. The molecule has 0 bridgehead atoms. The van der Waals surface area contributed by atoms with Gasteiger partial charge in [-0.2, -0.15) is 22.0 Å².